The van der Waals surface area contributed by atoms with Crippen LogP contribution < -0.4 is 4.87 Å². The molecule has 0 saturated heterocycles. The third kappa shape index (κ3) is 3.17. The highest BCUT2D eigenvalue weighted by Gasteiger charge is 2.10. The van der Waals surface area contributed by atoms with Gasteiger partial charge in [-0.05, 0) is 43.0 Å². The lowest BCUT2D eigenvalue weighted by molar-refractivity contribution is -0.137. The van der Waals surface area contributed by atoms with Crippen LogP contribution in [0.5, 0.6) is 0 Å². The molecule has 0 radical (unpaired) electrons. The predicted octanol–water partition coefficient (Wildman–Crippen LogP) is 3.06. The van der Waals surface area contributed by atoms with Crippen LogP contribution in [0.3, 0.4) is 0 Å². The summed E-state index contributed by atoms with van der Waals surface area (Å²) in [5.74, 6) is -0.832. The third-order valence-corrected chi connectivity index (χ3v) is 4.12. The summed E-state index contributed by atoms with van der Waals surface area (Å²) in [4.78, 5) is 22.4. The second-order valence-electron chi connectivity index (χ2n) is 4.83. The van der Waals surface area contributed by atoms with Gasteiger partial charge in [0, 0.05) is 18.3 Å². The lowest BCUT2D eigenvalue weighted by Crippen LogP contribution is -2.15. The van der Waals surface area contributed by atoms with Crippen LogP contribution in [0.25, 0.3) is 11.3 Å². The average Bonchev–Trinajstić information content (AvgIpc) is 2.74. The van der Waals surface area contributed by atoms with Crippen LogP contribution in [-0.2, 0) is 11.3 Å². The largest absolute Gasteiger partial charge is 0.481 e. The quantitative estimate of drug-likeness (QED) is 0.921. The van der Waals surface area contributed by atoms with Crippen LogP contribution in [0.2, 0.25) is 0 Å². The van der Waals surface area contributed by atoms with Crippen molar-refractivity contribution in [2.45, 2.75) is 33.2 Å². The molecular formula is C15H17NO3S. The first-order valence-corrected chi connectivity index (χ1v) is 7.35. The van der Waals surface area contributed by atoms with E-state index in [4.69, 9.17) is 5.11 Å². The lowest BCUT2D eigenvalue weighted by atomic mass is 10.0. The monoisotopic (exact) mass is 291 g/mol. The van der Waals surface area contributed by atoms with Crippen molar-refractivity contribution < 1.29 is 9.90 Å². The molecule has 0 unspecified atom stereocenters. The first kappa shape index (κ1) is 14.5. The molecule has 2 aromatic rings. The van der Waals surface area contributed by atoms with Gasteiger partial charge < -0.3 is 5.11 Å². The number of rotatable bonds is 5. The molecule has 1 aromatic heterocycles. The van der Waals surface area contributed by atoms with Gasteiger partial charge >= 0.3 is 10.8 Å². The van der Waals surface area contributed by atoms with E-state index < -0.39 is 5.97 Å². The lowest BCUT2D eigenvalue weighted by Gasteiger charge is -2.09. The van der Waals surface area contributed by atoms with Crippen LogP contribution >= 0.6 is 11.3 Å². The number of aliphatic carboxylic acids is 1. The van der Waals surface area contributed by atoms with E-state index in [0.717, 1.165) is 22.6 Å². The van der Waals surface area contributed by atoms with Crippen molar-refractivity contribution in [1.82, 2.24) is 4.57 Å². The Labute approximate surface area is 121 Å². The van der Waals surface area contributed by atoms with E-state index in [1.165, 1.54) is 11.1 Å². The van der Waals surface area contributed by atoms with Crippen molar-refractivity contribution in [3.05, 3.63) is 44.4 Å². The van der Waals surface area contributed by atoms with Crippen LogP contribution in [-0.4, -0.2) is 15.6 Å². The minimum atomic E-state index is -0.832. The van der Waals surface area contributed by atoms with Crippen molar-refractivity contribution in [3.63, 3.8) is 0 Å². The average molecular weight is 291 g/mol. The summed E-state index contributed by atoms with van der Waals surface area (Å²) in [6.45, 7) is 4.53. The summed E-state index contributed by atoms with van der Waals surface area (Å²) in [5.41, 5.74) is 4.26. The van der Waals surface area contributed by atoms with E-state index >= 15 is 0 Å². The number of hydrogen-bond acceptors (Lipinski definition) is 3. The highest BCUT2D eigenvalue weighted by molar-refractivity contribution is 7.07. The topological polar surface area (TPSA) is 59.3 Å². The molecule has 2 rings (SSSR count). The Hall–Kier alpha value is -1.88. The van der Waals surface area contributed by atoms with Crippen LogP contribution in [0.1, 0.15) is 24.0 Å². The normalized spacial score (nSPS) is 10.7. The molecule has 0 saturated carbocycles. The van der Waals surface area contributed by atoms with Crippen molar-refractivity contribution in [3.8, 4) is 11.3 Å². The summed E-state index contributed by atoms with van der Waals surface area (Å²) >= 11 is 1.15. The zero-order chi connectivity index (χ0) is 14.7. The number of aromatic nitrogens is 1. The molecular weight excluding hydrogens is 274 g/mol. The van der Waals surface area contributed by atoms with Gasteiger partial charge in [-0.15, -0.1) is 0 Å². The maximum absolute atomic E-state index is 11.9. The standard InChI is InChI=1S/C15H17NO3S/c1-10-5-6-12(8-11(10)2)13-9-20-15(19)16(13)7-3-4-14(17)18/h5-6,8-9H,3-4,7H2,1-2H3,(H,17,18). The van der Waals surface area contributed by atoms with Gasteiger partial charge in [0.2, 0.25) is 0 Å². The van der Waals surface area contributed by atoms with E-state index in [9.17, 15) is 9.59 Å². The maximum Gasteiger partial charge on any atom is 0.307 e. The third-order valence-electron chi connectivity index (χ3n) is 3.36. The highest BCUT2D eigenvalue weighted by atomic mass is 32.1. The fraction of sp³-hybridized carbons (Fsp3) is 0.333. The van der Waals surface area contributed by atoms with Gasteiger partial charge in [0.15, 0.2) is 0 Å². The fourth-order valence-electron chi connectivity index (χ4n) is 2.06. The molecule has 0 aliphatic carbocycles. The summed E-state index contributed by atoms with van der Waals surface area (Å²) in [6.07, 6.45) is 0.540. The Morgan fingerprint density at radius 1 is 1.30 bits per heavy atom. The molecule has 0 aliphatic heterocycles. The number of carboxylic acid groups (broad SMARTS) is 1. The summed E-state index contributed by atoms with van der Waals surface area (Å²) in [5, 5.41) is 10.5. The molecule has 1 N–H and O–H groups in total. The minimum absolute atomic E-state index is 0.0383. The maximum atomic E-state index is 11.9. The molecule has 4 nitrogen and oxygen atoms in total. The van der Waals surface area contributed by atoms with Gasteiger partial charge in [-0.1, -0.05) is 23.5 Å². The molecule has 5 heteroatoms. The molecule has 0 atom stereocenters. The molecule has 0 bridgehead atoms. The highest BCUT2D eigenvalue weighted by Crippen LogP contribution is 2.23. The number of benzene rings is 1. The SMILES string of the molecule is Cc1ccc(-c2csc(=O)n2CCCC(=O)O)cc1C. The number of carbonyl (C=O) groups is 1. The Morgan fingerprint density at radius 3 is 2.70 bits per heavy atom. The Morgan fingerprint density at radius 2 is 2.05 bits per heavy atom. The number of nitrogens with zero attached hydrogens (tertiary/aromatic N) is 1. The molecule has 0 amide bonds. The minimum Gasteiger partial charge on any atom is -0.481 e. The first-order chi connectivity index (χ1) is 9.49. The predicted molar refractivity (Wildman–Crippen MR) is 80.4 cm³/mol. The van der Waals surface area contributed by atoms with Crippen molar-refractivity contribution >= 4 is 17.3 Å². The number of hydrogen-bond donors (Lipinski definition) is 1. The molecule has 0 fully saturated rings. The van der Waals surface area contributed by atoms with E-state index in [1.807, 2.05) is 31.4 Å². The summed E-state index contributed by atoms with van der Waals surface area (Å²) < 4.78 is 1.66. The van der Waals surface area contributed by atoms with Gasteiger partial charge in [0.25, 0.3) is 0 Å². The zero-order valence-corrected chi connectivity index (χ0v) is 12.4. The van der Waals surface area contributed by atoms with Crippen LogP contribution in [0.4, 0.5) is 0 Å². The van der Waals surface area contributed by atoms with Crippen LogP contribution in [0.15, 0.2) is 28.4 Å². The van der Waals surface area contributed by atoms with E-state index in [0.29, 0.717) is 13.0 Å². The second kappa shape index (κ2) is 6.05. The molecule has 1 aromatic carbocycles. The van der Waals surface area contributed by atoms with Crippen molar-refractivity contribution in [2.75, 3.05) is 0 Å². The Balaban J connectivity index is 2.30. The number of carboxylic acids is 1. The molecule has 0 spiro atoms. The van der Waals surface area contributed by atoms with Gasteiger partial charge in [0.05, 0.1) is 5.69 Å². The van der Waals surface area contributed by atoms with Gasteiger partial charge in [-0.2, -0.15) is 0 Å². The smallest absolute Gasteiger partial charge is 0.307 e. The van der Waals surface area contributed by atoms with E-state index in [2.05, 4.69) is 6.07 Å². The van der Waals surface area contributed by atoms with Gasteiger partial charge in [0.1, 0.15) is 0 Å². The summed E-state index contributed by atoms with van der Waals surface area (Å²) in [6, 6.07) is 6.09. The number of aryl methyl sites for hydroxylation is 2. The van der Waals surface area contributed by atoms with Gasteiger partial charge in [-0.25, -0.2) is 0 Å². The Bertz CT molecular complexity index is 685. The number of thiazole rings is 1. The van der Waals surface area contributed by atoms with E-state index in [-0.39, 0.29) is 11.3 Å². The molecule has 106 valence electrons. The van der Waals surface area contributed by atoms with Gasteiger partial charge in [-0.3, -0.25) is 14.2 Å². The Kier molecular flexibility index (Phi) is 4.39. The fourth-order valence-corrected chi connectivity index (χ4v) is 2.85. The first-order valence-electron chi connectivity index (χ1n) is 6.47. The van der Waals surface area contributed by atoms with Crippen molar-refractivity contribution in [2.24, 2.45) is 0 Å². The zero-order valence-electron chi connectivity index (χ0n) is 11.5. The molecule has 1 heterocycles. The van der Waals surface area contributed by atoms with Crippen molar-refractivity contribution in [1.29, 1.82) is 0 Å². The molecule has 0 aliphatic rings. The summed E-state index contributed by atoms with van der Waals surface area (Å²) in [7, 11) is 0. The van der Waals surface area contributed by atoms with E-state index in [1.54, 1.807) is 4.57 Å². The second-order valence-corrected chi connectivity index (χ2v) is 5.66. The molecule has 20 heavy (non-hydrogen) atoms. The van der Waals surface area contributed by atoms with Crippen LogP contribution in [0, 0.1) is 13.8 Å².